The molecule has 0 aliphatic heterocycles. The van der Waals surface area contributed by atoms with Crippen molar-refractivity contribution in [3.8, 4) is 0 Å². The van der Waals surface area contributed by atoms with Crippen molar-refractivity contribution >= 4 is 21.6 Å². The summed E-state index contributed by atoms with van der Waals surface area (Å²) in [6.45, 7) is -0.183. The third-order valence-electron chi connectivity index (χ3n) is 2.97. The minimum atomic E-state index is -4.19. The van der Waals surface area contributed by atoms with Gasteiger partial charge in [0.15, 0.2) is 5.82 Å². The van der Waals surface area contributed by atoms with Gasteiger partial charge in [-0.3, -0.25) is 4.79 Å². The molecule has 9 heteroatoms. The third-order valence-corrected chi connectivity index (χ3v) is 4.45. The second kappa shape index (κ2) is 5.94. The number of hydrogen-bond donors (Lipinski definition) is 3. The molecule has 0 unspecified atom stereocenters. The summed E-state index contributed by atoms with van der Waals surface area (Å²) in [5.41, 5.74) is 4.25. The highest BCUT2D eigenvalue weighted by Crippen LogP contribution is 2.22. The summed E-state index contributed by atoms with van der Waals surface area (Å²) in [4.78, 5) is 10.6. The first-order valence-corrected chi connectivity index (χ1v) is 7.82. The van der Waals surface area contributed by atoms with Gasteiger partial charge in [0.05, 0.1) is 0 Å². The molecule has 0 aromatic heterocycles. The zero-order valence-electron chi connectivity index (χ0n) is 11.0. The van der Waals surface area contributed by atoms with Gasteiger partial charge in [-0.15, -0.1) is 0 Å². The Bertz CT molecular complexity index is 660. The van der Waals surface area contributed by atoms with Gasteiger partial charge in [0, 0.05) is 19.0 Å². The van der Waals surface area contributed by atoms with Crippen molar-refractivity contribution in [3.63, 3.8) is 0 Å². The Kier molecular flexibility index (Phi) is 4.43. The highest BCUT2D eigenvalue weighted by Gasteiger charge is 2.24. The molecule has 116 valence electrons. The predicted molar refractivity (Wildman–Crippen MR) is 71.7 cm³/mol. The molecule has 1 aromatic carbocycles. The number of carbonyl (C=O) groups is 1. The molecule has 0 bridgehead atoms. The number of hydrogen-bond acceptors (Lipinski definition) is 4. The smallest absolute Gasteiger partial charge is 0.243 e. The van der Waals surface area contributed by atoms with Crippen LogP contribution in [-0.2, 0) is 14.8 Å². The van der Waals surface area contributed by atoms with E-state index in [0.717, 1.165) is 25.0 Å². The van der Waals surface area contributed by atoms with Crippen LogP contribution in [0.5, 0.6) is 0 Å². The SMILES string of the molecule is Nc1c(F)ccc(S(=O)(=O)NCCC(=O)NC2CC2)c1F. The lowest BCUT2D eigenvalue weighted by atomic mass is 10.3. The largest absolute Gasteiger partial charge is 0.394 e. The Morgan fingerprint density at radius 1 is 1.33 bits per heavy atom. The van der Waals surface area contributed by atoms with Gasteiger partial charge in [-0.25, -0.2) is 21.9 Å². The summed E-state index contributed by atoms with van der Waals surface area (Å²) >= 11 is 0. The van der Waals surface area contributed by atoms with Crippen LogP contribution < -0.4 is 15.8 Å². The first-order chi connectivity index (χ1) is 9.81. The van der Waals surface area contributed by atoms with Crippen molar-refractivity contribution in [1.29, 1.82) is 0 Å². The molecule has 1 aromatic rings. The second-order valence-electron chi connectivity index (χ2n) is 4.76. The maximum absolute atomic E-state index is 13.7. The lowest BCUT2D eigenvalue weighted by molar-refractivity contribution is -0.121. The molecule has 0 spiro atoms. The van der Waals surface area contributed by atoms with Gasteiger partial charge in [-0.1, -0.05) is 0 Å². The van der Waals surface area contributed by atoms with Crippen LogP contribution >= 0.6 is 0 Å². The average Bonchev–Trinajstić information content (AvgIpc) is 3.19. The maximum atomic E-state index is 13.7. The van der Waals surface area contributed by atoms with Crippen LogP contribution in [0.3, 0.4) is 0 Å². The number of nitrogen functional groups attached to an aromatic ring is 1. The van der Waals surface area contributed by atoms with Crippen LogP contribution in [0.15, 0.2) is 17.0 Å². The fraction of sp³-hybridized carbons (Fsp3) is 0.417. The van der Waals surface area contributed by atoms with E-state index in [1.54, 1.807) is 0 Å². The summed E-state index contributed by atoms with van der Waals surface area (Å²) in [7, 11) is -4.19. The number of amides is 1. The summed E-state index contributed by atoms with van der Waals surface area (Å²) in [5, 5.41) is 2.69. The molecule has 1 aliphatic rings. The average molecular weight is 319 g/mol. The number of nitrogens with two attached hydrogens (primary N) is 1. The van der Waals surface area contributed by atoms with E-state index in [9.17, 15) is 22.0 Å². The quantitative estimate of drug-likeness (QED) is 0.664. The molecule has 21 heavy (non-hydrogen) atoms. The van der Waals surface area contributed by atoms with Gasteiger partial charge in [0.25, 0.3) is 0 Å². The maximum Gasteiger partial charge on any atom is 0.243 e. The van der Waals surface area contributed by atoms with Crippen molar-refractivity contribution in [2.75, 3.05) is 12.3 Å². The van der Waals surface area contributed by atoms with Gasteiger partial charge in [-0.2, -0.15) is 0 Å². The number of rotatable bonds is 6. The van der Waals surface area contributed by atoms with Crippen molar-refractivity contribution in [1.82, 2.24) is 10.0 Å². The van der Waals surface area contributed by atoms with E-state index in [0.29, 0.717) is 0 Å². The van der Waals surface area contributed by atoms with E-state index >= 15 is 0 Å². The van der Waals surface area contributed by atoms with Crippen molar-refractivity contribution in [2.45, 2.75) is 30.2 Å². The Morgan fingerprint density at radius 3 is 2.62 bits per heavy atom. The molecule has 1 aliphatic carbocycles. The molecule has 0 saturated heterocycles. The predicted octanol–water partition coefficient (Wildman–Crippen LogP) is 0.494. The summed E-state index contributed by atoms with van der Waals surface area (Å²) < 4.78 is 52.5. The molecule has 0 heterocycles. The van der Waals surface area contributed by atoms with E-state index in [1.807, 2.05) is 0 Å². The van der Waals surface area contributed by atoms with Gasteiger partial charge < -0.3 is 11.1 Å². The van der Waals surface area contributed by atoms with Crippen molar-refractivity contribution < 1.29 is 22.0 Å². The van der Waals surface area contributed by atoms with Crippen molar-refractivity contribution in [2.24, 2.45) is 0 Å². The summed E-state index contributed by atoms with van der Waals surface area (Å²) in [5.74, 6) is -2.65. The van der Waals surface area contributed by atoms with Gasteiger partial charge in [0.1, 0.15) is 16.4 Å². The number of sulfonamides is 1. The fourth-order valence-corrected chi connectivity index (χ4v) is 2.78. The zero-order valence-corrected chi connectivity index (χ0v) is 11.8. The minimum absolute atomic E-state index is 0.0615. The first-order valence-electron chi connectivity index (χ1n) is 6.34. The molecule has 1 fully saturated rings. The molecule has 2 rings (SSSR count). The van der Waals surface area contributed by atoms with Crippen LogP contribution in [-0.4, -0.2) is 26.9 Å². The van der Waals surface area contributed by atoms with Crippen LogP contribution in [0.25, 0.3) is 0 Å². The third kappa shape index (κ3) is 3.88. The summed E-state index contributed by atoms with van der Waals surface area (Å²) in [6, 6.07) is 1.74. The Morgan fingerprint density at radius 2 is 2.00 bits per heavy atom. The lowest BCUT2D eigenvalue weighted by Gasteiger charge is -2.09. The molecule has 6 nitrogen and oxygen atoms in total. The van der Waals surface area contributed by atoms with E-state index in [-0.39, 0.29) is 24.9 Å². The normalized spacial score (nSPS) is 15.0. The minimum Gasteiger partial charge on any atom is -0.394 e. The lowest BCUT2D eigenvalue weighted by Crippen LogP contribution is -2.32. The highest BCUT2D eigenvalue weighted by molar-refractivity contribution is 7.89. The second-order valence-corrected chi connectivity index (χ2v) is 6.50. The Balaban J connectivity index is 1.98. The number of carbonyl (C=O) groups excluding carboxylic acids is 1. The fourth-order valence-electron chi connectivity index (χ4n) is 1.66. The standard InChI is InChI=1S/C12H15F2N3O3S/c13-8-3-4-9(11(14)12(8)15)21(19,20)16-6-5-10(18)17-7-1-2-7/h3-4,7,16H,1-2,5-6,15H2,(H,17,18). The van der Waals surface area contributed by atoms with Crippen LogP contribution in [0.2, 0.25) is 0 Å². The summed E-state index contributed by atoms with van der Waals surface area (Å²) in [6.07, 6.45) is 1.79. The number of anilines is 1. The molecule has 4 N–H and O–H groups in total. The monoisotopic (exact) mass is 319 g/mol. The highest BCUT2D eigenvalue weighted by atomic mass is 32.2. The number of benzene rings is 1. The molecule has 0 atom stereocenters. The molecule has 0 radical (unpaired) electrons. The molecule has 1 saturated carbocycles. The Hall–Kier alpha value is -1.74. The van der Waals surface area contributed by atoms with Crippen LogP contribution in [0, 0.1) is 11.6 Å². The van der Waals surface area contributed by atoms with Crippen LogP contribution in [0.1, 0.15) is 19.3 Å². The van der Waals surface area contributed by atoms with Crippen molar-refractivity contribution in [3.05, 3.63) is 23.8 Å². The molecular weight excluding hydrogens is 304 g/mol. The van der Waals surface area contributed by atoms with Crippen LogP contribution in [0.4, 0.5) is 14.5 Å². The number of halogens is 2. The molecule has 1 amide bonds. The first kappa shape index (κ1) is 15.6. The van der Waals surface area contributed by atoms with Gasteiger partial charge in [-0.05, 0) is 25.0 Å². The number of nitrogens with one attached hydrogen (secondary N) is 2. The van der Waals surface area contributed by atoms with E-state index in [4.69, 9.17) is 5.73 Å². The van der Waals surface area contributed by atoms with E-state index in [2.05, 4.69) is 10.0 Å². The molecular formula is C12H15F2N3O3S. The van der Waals surface area contributed by atoms with Gasteiger partial charge in [0.2, 0.25) is 15.9 Å². The topological polar surface area (TPSA) is 101 Å². The Labute approximate surface area is 120 Å². The van der Waals surface area contributed by atoms with Gasteiger partial charge >= 0.3 is 0 Å². The van der Waals surface area contributed by atoms with E-state index < -0.39 is 32.2 Å². The van der Waals surface area contributed by atoms with E-state index in [1.165, 1.54) is 0 Å². The zero-order chi connectivity index (χ0) is 15.6.